The highest BCUT2D eigenvalue weighted by Crippen LogP contribution is 2.17. The Morgan fingerprint density at radius 2 is 1.90 bits per heavy atom. The van der Waals surface area contributed by atoms with Gasteiger partial charge in [-0.1, -0.05) is 19.1 Å². The Kier molecular flexibility index (Phi) is 6.02. The molecule has 0 saturated carbocycles. The number of likely N-dealkylation sites (N-methyl/N-ethyl adjacent to an activating group) is 1. The number of hydrogen-bond donors (Lipinski definition) is 2. The summed E-state index contributed by atoms with van der Waals surface area (Å²) in [5, 5.41) is 11.9. The van der Waals surface area contributed by atoms with Crippen LogP contribution in [0.1, 0.15) is 31.9 Å². The SMILES string of the molecule is CCC(C(=O)O)N(C)C(=O)NC(C)c1ccc(OC)cc1. The Morgan fingerprint density at radius 1 is 1.33 bits per heavy atom. The smallest absolute Gasteiger partial charge is 0.326 e. The molecule has 2 N–H and O–H groups in total. The van der Waals surface area contributed by atoms with Gasteiger partial charge in [-0.05, 0) is 31.0 Å². The normalized spacial score (nSPS) is 13.1. The van der Waals surface area contributed by atoms with E-state index in [1.807, 2.05) is 31.2 Å². The summed E-state index contributed by atoms with van der Waals surface area (Å²) in [6.07, 6.45) is 0.357. The summed E-state index contributed by atoms with van der Waals surface area (Å²) in [6.45, 7) is 3.57. The molecule has 2 unspecified atom stereocenters. The standard InChI is InChI=1S/C15H22N2O4/c1-5-13(14(18)19)17(3)15(20)16-10(2)11-6-8-12(21-4)9-7-11/h6-10,13H,5H2,1-4H3,(H,16,20)(H,18,19). The van der Waals surface area contributed by atoms with Crippen molar-refractivity contribution in [2.45, 2.75) is 32.4 Å². The molecule has 0 fully saturated rings. The fraction of sp³-hybridized carbons (Fsp3) is 0.467. The van der Waals surface area contributed by atoms with Crippen LogP contribution in [0, 0.1) is 0 Å². The van der Waals surface area contributed by atoms with E-state index in [-0.39, 0.29) is 6.04 Å². The average Bonchev–Trinajstić information content (AvgIpc) is 2.47. The molecule has 1 rings (SSSR count). The highest BCUT2D eigenvalue weighted by Gasteiger charge is 2.25. The highest BCUT2D eigenvalue weighted by molar-refractivity contribution is 5.82. The van der Waals surface area contributed by atoms with Gasteiger partial charge in [-0.2, -0.15) is 0 Å². The number of amides is 2. The summed E-state index contributed by atoms with van der Waals surface area (Å²) in [5.41, 5.74) is 0.918. The second kappa shape index (κ2) is 7.52. The number of carboxylic acids is 1. The summed E-state index contributed by atoms with van der Waals surface area (Å²) in [7, 11) is 3.07. The lowest BCUT2D eigenvalue weighted by Gasteiger charge is -2.26. The number of carboxylic acid groups (broad SMARTS) is 1. The van der Waals surface area contributed by atoms with Crippen LogP contribution in [-0.2, 0) is 4.79 Å². The van der Waals surface area contributed by atoms with Crippen molar-refractivity contribution in [2.75, 3.05) is 14.2 Å². The quantitative estimate of drug-likeness (QED) is 0.843. The summed E-state index contributed by atoms with van der Waals surface area (Å²) in [6, 6.07) is 5.89. The molecule has 0 aromatic heterocycles. The number of nitrogens with zero attached hydrogens (tertiary/aromatic N) is 1. The molecule has 0 aliphatic heterocycles. The molecular formula is C15H22N2O4. The van der Waals surface area contributed by atoms with Crippen LogP contribution >= 0.6 is 0 Å². The third kappa shape index (κ3) is 4.37. The first-order chi connectivity index (χ1) is 9.90. The van der Waals surface area contributed by atoms with Crippen molar-refractivity contribution in [1.29, 1.82) is 0 Å². The number of methoxy groups -OCH3 is 1. The molecule has 0 spiro atoms. The average molecular weight is 294 g/mol. The van der Waals surface area contributed by atoms with E-state index in [0.717, 1.165) is 11.3 Å². The molecule has 116 valence electrons. The van der Waals surface area contributed by atoms with Gasteiger partial charge in [0, 0.05) is 7.05 Å². The molecule has 0 bridgehead atoms. The molecule has 0 radical (unpaired) electrons. The van der Waals surface area contributed by atoms with Crippen LogP contribution < -0.4 is 10.1 Å². The maximum atomic E-state index is 12.1. The number of ether oxygens (including phenoxy) is 1. The molecular weight excluding hydrogens is 272 g/mol. The van der Waals surface area contributed by atoms with Crippen LogP contribution in [0.4, 0.5) is 4.79 Å². The first kappa shape index (κ1) is 16.8. The first-order valence-corrected chi connectivity index (χ1v) is 6.80. The Hall–Kier alpha value is -2.24. The summed E-state index contributed by atoms with van der Waals surface area (Å²) >= 11 is 0. The maximum absolute atomic E-state index is 12.1. The minimum atomic E-state index is -1.01. The minimum Gasteiger partial charge on any atom is -0.497 e. The number of nitrogens with one attached hydrogen (secondary N) is 1. The molecule has 1 aromatic rings. The van der Waals surface area contributed by atoms with E-state index in [1.165, 1.54) is 11.9 Å². The van der Waals surface area contributed by atoms with Crippen LogP contribution in [-0.4, -0.2) is 42.2 Å². The topological polar surface area (TPSA) is 78.9 Å². The van der Waals surface area contributed by atoms with Crippen LogP contribution in [0.5, 0.6) is 5.75 Å². The van der Waals surface area contributed by atoms with Gasteiger partial charge in [-0.3, -0.25) is 0 Å². The van der Waals surface area contributed by atoms with E-state index in [1.54, 1.807) is 14.0 Å². The lowest BCUT2D eigenvalue weighted by Crippen LogP contribution is -2.47. The van der Waals surface area contributed by atoms with Gasteiger partial charge in [0.25, 0.3) is 0 Å². The lowest BCUT2D eigenvalue weighted by molar-refractivity contribution is -0.141. The van der Waals surface area contributed by atoms with Crippen molar-refractivity contribution in [2.24, 2.45) is 0 Å². The lowest BCUT2D eigenvalue weighted by atomic mass is 10.1. The van der Waals surface area contributed by atoms with Crippen LogP contribution in [0.15, 0.2) is 24.3 Å². The maximum Gasteiger partial charge on any atom is 0.326 e. The molecule has 0 aliphatic rings. The van der Waals surface area contributed by atoms with Gasteiger partial charge in [-0.15, -0.1) is 0 Å². The van der Waals surface area contributed by atoms with E-state index >= 15 is 0 Å². The fourth-order valence-corrected chi connectivity index (χ4v) is 2.02. The predicted molar refractivity (Wildman–Crippen MR) is 79.4 cm³/mol. The van der Waals surface area contributed by atoms with E-state index in [9.17, 15) is 9.59 Å². The zero-order valence-corrected chi connectivity index (χ0v) is 12.8. The number of carbonyl (C=O) groups excluding carboxylic acids is 1. The van der Waals surface area contributed by atoms with Crippen molar-refractivity contribution in [1.82, 2.24) is 10.2 Å². The molecule has 0 heterocycles. The van der Waals surface area contributed by atoms with Crippen molar-refractivity contribution in [3.8, 4) is 5.75 Å². The second-order valence-corrected chi connectivity index (χ2v) is 4.82. The van der Waals surface area contributed by atoms with Crippen molar-refractivity contribution in [3.05, 3.63) is 29.8 Å². The number of urea groups is 1. The molecule has 21 heavy (non-hydrogen) atoms. The van der Waals surface area contributed by atoms with Gasteiger partial charge >= 0.3 is 12.0 Å². The van der Waals surface area contributed by atoms with Gasteiger partial charge in [0.05, 0.1) is 13.2 Å². The second-order valence-electron chi connectivity index (χ2n) is 4.82. The van der Waals surface area contributed by atoms with Crippen molar-refractivity contribution >= 4 is 12.0 Å². The zero-order valence-electron chi connectivity index (χ0n) is 12.8. The van der Waals surface area contributed by atoms with Gasteiger partial charge < -0.3 is 20.1 Å². The van der Waals surface area contributed by atoms with Crippen LogP contribution in [0.25, 0.3) is 0 Å². The predicted octanol–water partition coefficient (Wildman–Crippen LogP) is 2.26. The van der Waals surface area contributed by atoms with Crippen molar-refractivity contribution < 1.29 is 19.4 Å². The van der Waals surface area contributed by atoms with Gasteiger partial charge in [0.1, 0.15) is 11.8 Å². The van der Waals surface area contributed by atoms with E-state index in [2.05, 4.69) is 5.32 Å². The Labute approximate surface area is 124 Å². The number of rotatable bonds is 6. The minimum absolute atomic E-state index is 0.225. The summed E-state index contributed by atoms with van der Waals surface area (Å²) < 4.78 is 5.08. The zero-order chi connectivity index (χ0) is 16.0. The van der Waals surface area contributed by atoms with Gasteiger partial charge in [0.2, 0.25) is 0 Å². The molecule has 2 atom stereocenters. The molecule has 6 nitrogen and oxygen atoms in total. The molecule has 2 amide bonds. The Morgan fingerprint density at radius 3 is 2.33 bits per heavy atom. The number of carbonyl (C=O) groups is 2. The fourth-order valence-electron chi connectivity index (χ4n) is 2.02. The van der Waals surface area contributed by atoms with Crippen molar-refractivity contribution in [3.63, 3.8) is 0 Å². The summed E-state index contributed by atoms with van der Waals surface area (Å²) in [5.74, 6) is -0.265. The van der Waals surface area contributed by atoms with E-state index < -0.39 is 18.0 Å². The van der Waals surface area contributed by atoms with Gasteiger partial charge in [-0.25, -0.2) is 9.59 Å². The van der Waals surface area contributed by atoms with E-state index in [4.69, 9.17) is 9.84 Å². The molecule has 6 heteroatoms. The monoisotopic (exact) mass is 294 g/mol. The number of aliphatic carboxylic acids is 1. The number of hydrogen-bond acceptors (Lipinski definition) is 3. The largest absolute Gasteiger partial charge is 0.497 e. The molecule has 0 saturated heterocycles. The van der Waals surface area contributed by atoms with E-state index in [0.29, 0.717) is 6.42 Å². The summed E-state index contributed by atoms with van der Waals surface area (Å²) in [4.78, 5) is 24.4. The number of benzene rings is 1. The Balaban J connectivity index is 2.70. The third-order valence-electron chi connectivity index (χ3n) is 3.42. The highest BCUT2D eigenvalue weighted by atomic mass is 16.5. The molecule has 0 aliphatic carbocycles. The van der Waals surface area contributed by atoms with Gasteiger partial charge in [0.15, 0.2) is 0 Å². The van der Waals surface area contributed by atoms with Crippen LogP contribution in [0.2, 0.25) is 0 Å². The third-order valence-corrected chi connectivity index (χ3v) is 3.42. The van der Waals surface area contributed by atoms with Crippen LogP contribution in [0.3, 0.4) is 0 Å². The first-order valence-electron chi connectivity index (χ1n) is 6.80. The molecule has 1 aromatic carbocycles. The Bertz CT molecular complexity index is 487.